The lowest BCUT2D eigenvalue weighted by Gasteiger charge is -2.08. The summed E-state index contributed by atoms with van der Waals surface area (Å²) in [7, 11) is 0. The topological polar surface area (TPSA) is 46.2 Å². The molecule has 3 N–H and O–H groups in total. The molecule has 0 saturated carbocycles. The van der Waals surface area contributed by atoms with Gasteiger partial charge in [0.15, 0.2) is 0 Å². The normalized spacial score (nSPS) is 12.5. The van der Waals surface area contributed by atoms with Crippen LogP contribution >= 0.6 is 0 Å². The van der Waals surface area contributed by atoms with Crippen molar-refractivity contribution in [1.82, 2.24) is 0 Å². The Morgan fingerprint density at radius 2 is 2.25 bits per heavy atom. The summed E-state index contributed by atoms with van der Waals surface area (Å²) < 4.78 is 0. The summed E-state index contributed by atoms with van der Waals surface area (Å²) >= 11 is 0. The number of phenolic OH excluding ortho intramolecular Hbond substituents is 1. The van der Waals surface area contributed by atoms with E-state index >= 15 is 0 Å². The molecule has 0 radical (unpaired) electrons. The van der Waals surface area contributed by atoms with Gasteiger partial charge < -0.3 is 10.8 Å². The maximum atomic E-state index is 9.47. The van der Waals surface area contributed by atoms with Gasteiger partial charge in [0.2, 0.25) is 0 Å². The largest absolute Gasteiger partial charge is 0.508 e. The van der Waals surface area contributed by atoms with E-state index < -0.39 is 0 Å². The molecule has 0 fully saturated rings. The summed E-state index contributed by atoms with van der Waals surface area (Å²) in [4.78, 5) is 0. The molecule has 0 spiro atoms. The van der Waals surface area contributed by atoms with Crippen molar-refractivity contribution in [2.75, 3.05) is 0 Å². The van der Waals surface area contributed by atoms with E-state index in [0.29, 0.717) is 0 Å². The maximum absolute atomic E-state index is 9.47. The van der Waals surface area contributed by atoms with Crippen LogP contribution in [0.3, 0.4) is 0 Å². The third kappa shape index (κ3) is 1.66. The van der Waals surface area contributed by atoms with Crippen LogP contribution in [0.2, 0.25) is 0 Å². The Hall–Kier alpha value is -1.28. The fraction of sp³-hybridized carbons (Fsp3) is 0.200. The van der Waals surface area contributed by atoms with Crippen LogP contribution in [-0.4, -0.2) is 5.11 Å². The highest BCUT2D eigenvalue weighted by atomic mass is 16.3. The molecule has 0 bridgehead atoms. The van der Waals surface area contributed by atoms with Crippen LogP contribution < -0.4 is 5.73 Å². The molecule has 1 rings (SSSR count). The van der Waals surface area contributed by atoms with E-state index in [2.05, 4.69) is 6.58 Å². The smallest absolute Gasteiger partial charge is 0.120 e. The van der Waals surface area contributed by atoms with Crippen LogP contribution in [-0.2, 0) is 0 Å². The van der Waals surface area contributed by atoms with Crippen molar-refractivity contribution in [3.63, 3.8) is 0 Å². The zero-order valence-electron chi connectivity index (χ0n) is 7.12. The molecule has 12 heavy (non-hydrogen) atoms. The van der Waals surface area contributed by atoms with Crippen LogP contribution in [0, 0.1) is 6.92 Å². The monoisotopic (exact) mass is 163 g/mol. The summed E-state index contributed by atoms with van der Waals surface area (Å²) in [6.07, 6.45) is 1.60. The van der Waals surface area contributed by atoms with Gasteiger partial charge in [-0.15, -0.1) is 6.58 Å². The number of hydrogen-bond donors (Lipinski definition) is 2. The molecule has 1 aromatic rings. The number of aromatic hydroxyl groups is 1. The Bertz CT molecular complexity index is 294. The predicted molar refractivity (Wildman–Crippen MR) is 50.0 cm³/mol. The van der Waals surface area contributed by atoms with Gasteiger partial charge in [-0.25, -0.2) is 0 Å². The van der Waals surface area contributed by atoms with Gasteiger partial charge >= 0.3 is 0 Å². The van der Waals surface area contributed by atoms with E-state index in [1.165, 1.54) is 0 Å². The Balaban J connectivity index is 3.09. The van der Waals surface area contributed by atoms with Crippen molar-refractivity contribution in [2.24, 2.45) is 5.73 Å². The summed E-state index contributed by atoms with van der Waals surface area (Å²) in [5, 5.41) is 9.47. The van der Waals surface area contributed by atoms with E-state index in [-0.39, 0.29) is 11.8 Å². The zero-order chi connectivity index (χ0) is 9.14. The molecule has 0 unspecified atom stereocenters. The fourth-order valence-corrected chi connectivity index (χ4v) is 1.06. The molecule has 1 aromatic carbocycles. The lowest BCUT2D eigenvalue weighted by Crippen LogP contribution is -2.06. The quantitative estimate of drug-likeness (QED) is 0.654. The van der Waals surface area contributed by atoms with Gasteiger partial charge in [-0.3, -0.25) is 0 Å². The van der Waals surface area contributed by atoms with E-state index in [1.54, 1.807) is 12.1 Å². The van der Waals surface area contributed by atoms with Gasteiger partial charge in [-0.1, -0.05) is 18.2 Å². The summed E-state index contributed by atoms with van der Waals surface area (Å²) in [5.41, 5.74) is 7.41. The second-order valence-electron chi connectivity index (χ2n) is 2.82. The molecule has 0 aliphatic carbocycles. The number of rotatable bonds is 2. The lowest BCUT2D eigenvalue weighted by atomic mass is 10.0. The Morgan fingerprint density at radius 1 is 1.58 bits per heavy atom. The van der Waals surface area contributed by atoms with Gasteiger partial charge in [0.1, 0.15) is 5.75 Å². The summed E-state index contributed by atoms with van der Waals surface area (Å²) in [6.45, 7) is 5.48. The standard InChI is InChI=1S/C10H13NO/c1-3-9(11)8-5-4-7(2)6-10(8)12/h3-6,9,12H,1,11H2,2H3/t9-/m0/s1. The number of phenols is 1. The minimum Gasteiger partial charge on any atom is -0.508 e. The van der Waals surface area contributed by atoms with Gasteiger partial charge in [0.25, 0.3) is 0 Å². The average molecular weight is 163 g/mol. The van der Waals surface area contributed by atoms with Gasteiger partial charge in [-0.05, 0) is 18.6 Å². The Morgan fingerprint density at radius 3 is 2.75 bits per heavy atom. The molecule has 0 heterocycles. The molecule has 1 atom stereocenters. The van der Waals surface area contributed by atoms with Crippen molar-refractivity contribution >= 4 is 0 Å². The molecule has 2 nitrogen and oxygen atoms in total. The van der Waals surface area contributed by atoms with E-state index in [1.807, 2.05) is 19.1 Å². The number of nitrogens with two attached hydrogens (primary N) is 1. The fourth-order valence-electron chi connectivity index (χ4n) is 1.06. The van der Waals surface area contributed by atoms with E-state index in [0.717, 1.165) is 11.1 Å². The Labute approximate surface area is 72.3 Å². The van der Waals surface area contributed by atoms with Crippen molar-refractivity contribution in [2.45, 2.75) is 13.0 Å². The number of benzene rings is 1. The molecule has 64 valence electrons. The van der Waals surface area contributed by atoms with Crippen molar-refractivity contribution in [1.29, 1.82) is 0 Å². The lowest BCUT2D eigenvalue weighted by molar-refractivity contribution is 0.465. The Kier molecular flexibility index (Phi) is 2.51. The molecular formula is C10H13NO. The molecule has 2 heteroatoms. The first-order valence-electron chi connectivity index (χ1n) is 3.83. The van der Waals surface area contributed by atoms with Crippen LogP contribution in [0.1, 0.15) is 17.2 Å². The van der Waals surface area contributed by atoms with E-state index in [9.17, 15) is 5.11 Å². The van der Waals surface area contributed by atoms with Crippen LogP contribution in [0.5, 0.6) is 5.75 Å². The van der Waals surface area contributed by atoms with Gasteiger partial charge in [-0.2, -0.15) is 0 Å². The van der Waals surface area contributed by atoms with E-state index in [4.69, 9.17) is 5.73 Å². The summed E-state index contributed by atoms with van der Waals surface area (Å²) in [6, 6.07) is 5.14. The molecule has 0 amide bonds. The highest BCUT2D eigenvalue weighted by Gasteiger charge is 2.06. The molecule has 0 saturated heterocycles. The predicted octanol–water partition coefficient (Wildman–Crippen LogP) is 1.89. The molecule has 0 aliphatic heterocycles. The zero-order valence-corrected chi connectivity index (χ0v) is 7.12. The third-order valence-corrected chi connectivity index (χ3v) is 1.80. The maximum Gasteiger partial charge on any atom is 0.120 e. The van der Waals surface area contributed by atoms with Crippen molar-refractivity contribution < 1.29 is 5.11 Å². The highest BCUT2D eigenvalue weighted by molar-refractivity contribution is 5.39. The molecule has 0 aliphatic rings. The first-order chi connectivity index (χ1) is 5.65. The first kappa shape index (κ1) is 8.81. The highest BCUT2D eigenvalue weighted by Crippen LogP contribution is 2.23. The number of hydrogen-bond acceptors (Lipinski definition) is 2. The molecular weight excluding hydrogens is 150 g/mol. The minimum atomic E-state index is -0.286. The summed E-state index contributed by atoms with van der Waals surface area (Å²) in [5.74, 6) is 0.238. The second-order valence-corrected chi connectivity index (χ2v) is 2.82. The van der Waals surface area contributed by atoms with Crippen LogP contribution in [0.4, 0.5) is 0 Å². The van der Waals surface area contributed by atoms with Gasteiger partial charge in [0.05, 0.1) is 6.04 Å². The van der Waals surface area contributed by atoms with Crippen molar-refractivity contribution in [3.05, 3.63) is 42.0 Å². The number of aryl methyl sites for hydroxylation is 1. The van der Waals surface area contributed by atoms with Gasteiger partial charge in [0, 0.05) is 5.56 Å². The van der Waals surface area contributed by atoms with Crippen LogP contribution in [0.15, 0.2) is 30.9 Å². The second kappa shape index (κ2) is 3.41. The van der Waals surface area contributed by atoms with Crippen molar-refractivity contribution in [3.8, 4) is 5.75 Å². The van der Waals surface area contributed by atoms with Crippen LogP contribution in [0.25, 0.3) is 0 Å². The first-order valence-corrected chi connectivity index (χ1v) is 3.83. The minimum absolute atomic E-state index is 0.238. The third-order valence-electron chi connectivity index (χ3n) is 1.80. The average Bonchev–Trinajstić information content (AvgIpc) is 2.03. The molecule has 0 aromatic heterocycles. The SMILES string of the molecule is C=C[C@H](N)c1ccc(C)cc1O.